The molecule has 0 amide bonds. The zero-order valence-corrected chi connectivity index (χ0v) is 14.2. The Morgan fingerprint density at radius 3 is 2.68 bits per heavy atom. The van der Waals surface area contributed by atoms with Gasteiger partial charge in [-0.2, -0.15) is 13.2 Å². The van der Waals surface area contributed by atoms with E-state index in [2.05, 4.69) is 36.5 Å². The van der Waals surface area contributed by atoms with Crippen LogP contribution >= 0.6 is 0 Å². The molecule has 2 aromatic carbocycles. The molecule has 1 heterocycles. The molecule has 0 aromatic heterocycles. The molecule has 0 bridgehead atoms. The molecule has 1 aliphatic heterocycles. The van der Waals surface area contributed by atoms with E-state index >= 15 is 0 Å². The van der Waals surface area contributed by atoms with Crippen molar-refractivity contribution in [1.29, 1.82) is 0 Å². The van der Waals surface area contributed by atoms with E-state index in [1.165, 1.54) is 17.2 Å². The van der Waals surface area contributed by atoms with Gasteiger partial charge in [-0.3, -0.25) is 0 Å². The molecule has 25 heavy (non-hydrogen) atoms. The van der Waals surface area contributed by atoms with Crippen molar-refractivity contribution in [3.63, 3.8) is 0 Å². The van der Waals surface area contributed by atoms with E-state index in [0.717, 1.165) is 24.9 Å². The van der Waals surface area contributed by atoms with Crippen molar-refractivity contribution in [2.45, 2.75) is 44.3 Å². The summed E-state index contributed by atoms with van der Waals surface area (Å²) >= 11 is 0. The van der Waals surface area contributed by atoms with Gasteiger partial charge in [0, 0.05) is 18.5 Å². The first-order chi connectivity index (χ1) is 11.9. The third-order valence-corrected chi connectivity index (χ3v) is 5.82. The van der Waals surface area contributed by atoms with Crippen molar-refractivity contribution in [1.82, 2.24) is 5.32 Å². The fourth-order valence-electron chi connectivity index (χ4n) is 4.73. The van der Waals surface area contributed by atoms with Crippen LogP contribution in [0.2, 0.25) is 0 Å². The van der Waals surface area contributed by atoms with Gasteiger partial charge in [0.05, 0.1) is 5.56 Å². The van der Waals surface area contributed by atoms with Gasteiger partial charge in [-0.05, 0) is 54.9 Å². The molecule has 0 saturated carbocycles. The van der Waals surface area contributed by atoms with Crippen molar-refractivity contribution >= 4 is 0 Å². The second-order valence-electron chi connectivity index (χ2n) is 7.39. The van der Waals surface area contributed by atoms with Gasteiger partial charge < -0.3 is 5.32 Å². The Morgan fingerprint density at radius 1 is 1.12 bits per heavy atom. The number of aryl methyl sites for hydroxylation is 1. The normalized spacial score (nSPS) is 25.5. The number of benzene rings is 2. The Balaban J connectivity index is 1.60. The largest absolute Gasteiger partial charge is 0.416 e. The number of hydrogen-bond acceptors (Lipinski definition) is 1. The van der Waals surface area contributed by atoms with Crippen LogP contribution < -0.4 is 5.32 Å². The molecule has 0 radical (unpaired) electrons. The summed E-state index contributed by atoms with van der Waals surface area (Å²) in [6, 6.07) is 13.5. The van der Waals surface area contributed by atoms with Crippen LogP contribution in [-0.2, 0) is 19.0 Å². The fraction of sp³-hybridized carbons (Fsp3) is 0.429. The van der Waals surface area contributed by atoms with E-state index in [0.29, 0.717) is 23.9 Å². The Morgan fingerprint density at radius 2 is 1.92 bits per heavy atom. The van der Waals surface area contributed by atoms with Gasteiger partial charge in [0.2, 0.25) is 0 Å². The number of alkyl halides is 3. The van der Waals surface area contributed by atoms with Crippen molar-refractivity contribution in [2.24, 2.45) is 5.92 Å². The minimum absolute atomic E-state index is 0.195. The topological polar surface area (TPSA) is 12.0 Å². The van der Waals surface area contributed by atoms with Gasteiger partial charge in [0.1, 0.15) is 0 Å². The van der Waals surface area contributed by atoms with Gasteiger partial charge in [-0.1, -0.05) is 42.0 Å². The molecular weight excluding hydrogens is 323 g/mol. The van der Waals surface area contributed by atoms with Gasteiger partial charge in [0.25, 0.3) is 0 Å². The van der Waals surface area contributed by atoms with Crippen LogP contribution in [-0.4, -0.2) is 12.6 Å². The lowest BCUT2D eigenvalue weighted by atomic mass is 9.72. The molecule has 1 N–H and O–H groups in total. The Kier molecular flexibility index (Phi) is 4.11. The number of hydrogen-bond donors (Lipinski definition) is 1. The average molecular weight is 345 g/mol. The molecule has 2 aromatic rings. The zero-order chi connectivity index (χ0) is 17.6. The summed E-state index contributed by atoms with van der Waals surface area (Å²) < 4.78 is 39.9. The first-order valence-electron chi connectivity index (χ1n) is 8.91. The van der Waals surface area contributed by atoms with Crippen LogP contribution in [0.5, 0.6) is 0 Å². The van der Waals surface area contributed by atoms with Gasteiger partial charge >= 0.3 is 6.18 Å². The predicted octanol–water partition coefficient (Wildman–Crippen LogP) is 4.87. The molecule has 4 heteroatoms. The minimum Gasteiger partial charge on any atom is -0.313 e. The van der Waals surface area contributed by atoms with Crippen LogP contribution in [0.15, 0.2) is 42.5 Å². The summed E-state index contributed by atoms with van der Waals surface area (Å²) in [4.78, 5) is 0. The second kappa shape index (κ2) is 6.17. The Hall–Kier alpha value is -1.81. The third-order valence-electron chi connectivity index (χ3n) is 5.82. The van der Waals surface area contributed by atoms with Crippen molar-refractivity contribution in [3.05, 3.63) is 70.3 Å². The van der Waals surface area contributed by atoms with Crippen LogP contribution in [0.25, 0.3) is 0 Å². The highest BCUT2D eigenvalue weighted by Gasteiger charge is 2.43. The first-order valence-corrected chi connectivity index (χ1v) is 8.91. The van der Waals surface area contributed by atoms with E-state index in [1.807, 2.05) is 6.07 Å². The Bertz CT molecular complexity index is 781. The molecule has 132 valence electrons. The molecular formula is C21H22F3N. The summed E-state index contributed by atoms with van der Waals surface area (Å²) in [7, 11) is 0. The molecule has 3 unspecified atom stereocenters. The highest BCUT2D eigenvalue weighted by molar-refractivity contribution is 5.43. The lowest BCUT2D eigenvalue weighted by Gasteiger charge is -2.32. The minimum atomic E-state index is -4.26. The summed E-state index contributed by atoms with van der Waals surface area (Å²) in [5.74, 6) is 0.609. The van der Waals surface area contributed by atoms with E-state index in [1.54, 1.807) is 6.07 Å². The van der Waals surface area contributed by atoms with Crippen LogP contribution in [0.3, 0.4) is 0 Å². The highest BCUT2D eigenvalue weighted by Crippen LogP contribution is 2.45. The predicted molar refractivity (Wildman–Crippen MR) is 92.7 cm³/mol. The summed E-state index contributed by atoms with van der Waals surface area (Å²) in [6.07, 6.45) is -1.96. The summed E-state index contributed by atoms with van der Waals surface area (Å²) in [5, 5.41) is 3.58. The van der Waals surface area contributed by atoms with Crippen molar-refractivity contribution in [3.8, 4) is 0 Å². The van der Waals surface area contributed by atoms with Crippen LogP contribution in [0.1, 0.15) is 40.2 Å². The molecule has 0 spiro atoms. The molecule has 1 saturated heterocycles. The van der Waals surface area contributed by atoms with E-state index < -0.39 is 11.7 Å². The van der Waals surface area contributed by atoms with E-state index in [-0.39, 0.29) is 5.92 Å². The highest BCUT2D eigenvalue weighted by atomic mass is 19.4. The smallest absolute Gasteiger partial charge is 0.313 e. The zero-order valence-electron chi connectivity index (χ0n) is 14.2. The molecule has 1 nitrogen and oxygen atoms in total. The monoisotopic (exact) mass is 345 g/mol. The molecule has 3 atom stereocenters. The lowest BCUT2D eigenvalue weighted by Crippen LogP contribution is -2.31. The number of nitrogens with one attached hydrogen (secondary N) is 1. The number of halogens is 3. The standard InChI is InChI=1S/C21H22F3N/c1-13-4-2-5-14(10-13)11-20-17-9-8-16-15(18(17)12-25-20)6-3-7-19(16)21(22,23)24/h2-7,10,17-18,20,25H,8-9,11-12H2,1H3. The van der Waals surface area contributed by atoms with Gasteiger partial charge in [-0.25, -0.2) is 0 Å². The molecule has 4 rings (SSSR count). The third kappa shape index (κ3) is 3.08. The SMILES string of the molecule is Cc1cccc(CC2NCC3c4cccc(C(F)(F)F)c4CCC23)c1. The van der Waals surface area contributed by atoms with Gasteiger partial charge in [-0.15, -0.1) is 0 Å². The summed E-state index contributed by atoms with van der Waals surface area (Å²) in [6.45, 7) is 2.86. The molecule has 1 fully saturated rings. The van der Waals surface area contributed by atoms with Crippen LogP contribution in [0.4, 0.5) is 13.2 Å². The number of rotatable bonds is 2. The second-order valence-corrected chi connectivity index (χ2v) is 7.39. The average Bonchev–Trinajstić information content (AvgIpc) is 2.97. The Labute approximate surface area is 146 Å². The maximum absolute atomic E-state index is 13.3. The van der Waals surface area contributed by atoms with E-state index in [9.17, 15) is 13.2 Å². The van der Waals surface area contributed by atoms with Gasteiger partial charge in [0.15, 0.2) is 0 Å². The van der Waals surface area contributed by atoms with Crippen molar-refractivity contribution in [2.75, 3.05) is 6.54 Å². The fourth-order valence-corrected chi connectivity index (χ4v) is 4.73. The molecule has 1 aliphatic carbocycles. The van der Waals surface area contributed by atoms with E-state index in [4.69, 9.17) is 0 Å². The quantitative estimate of drug-likeness (QED) is 0.818. The maximum atomic E-state index is 13.3. The number of fused-ring (bicyclic) bond motifs is 3. The maximum Gasteiger partial charge on any atom is 0.416 e. The lowest BCUT2D eigenvalue weighted by molar-refractivity contribution is -0.138. The van der Waals surface area contributed by atoms with Crippen LogP contribution in [0, 0.1) is 12.8 Å². The molecule has 2 aliphatic rings. The first kappa shape index (κ1) is 16.6. The summed E-state index contributed by atoms with van der Waals surface area (Å²) in [5.41, 5.74) is 3.54. The van der Waals surface area contributed by atoms with Crippen molar-refractivity contribution < 1.29 is 13.2 Å².